The van der Waals surface area contributed by atoms with E-state index in [-0.39, 0.29) is 6.01 Å². The average molecular weight is 221 g/mol. The highest BCUT2D eigenvalue weighted by Gasteiger charge is 2.06. The largest absolute Gasteiger partial charge is 0.450 e. The zero-order valence-corrected chi connectivity index (χ0v) is 8.69. The van der Waals surface area contributed by atoms with Gasteiger partial charge in [-0.05, 0) is 25.1 Å². The molecule has 3 N–H and O–H groups in total. The predicted molar refractivity (Wildman–Crippen MR) is 59.1 cm³/mol. The van der Waals surface area contributed by atoms with Crippen LogP contribution in [0.5, 0.6) is 0 Å². The molecule has 0 aliphatic rings. The van der Waals surface area contributed by atoms with Gasteiger partial charge in [0.25, 0.3) is 6.01 Å². The van der Waals surface area contributed by atoms with Crippen molar-refractivity contribution in [3.63, 3.8) is 0 Å². The molecular weight excluding hydrogens is 210 g/mol. The molecule has 1 aromatic carbocycles. The fraction of sp³-hybridized carbons (Fsp3) is 0.200. The molecule has 1 aromatic heterocycles. The topological polar surface area (TPSA) is 90.4 Å². The summed E-state index contributed by atoms with van der Waals surface area (Å²) in [7, 11) is 0. The molecule has 16 heavy (non-hydrogen) atoms. The number of anilines is 2. The maximum absolute atomic E-state index is 11.2. The Balaban J connectivity index is 2.22. The van der Waals surface area contributed by atoms with Crippen LogP contribution in [0.25, 0.3) is 11.1 Å². The van der Waals surface area contributed by atoms with E-state index in [0.29, 0.717) is 23.4 Å². The van der Waals surface area contributed by atoms with Gasteiger partial charge in [-0.1, -0.05) is 0 Å². The number of carbonyl (C=O) groups excluding carboxylic acids is 1. The van der Waals surface area contributed by atoms with E-state index in [1.165, 1.54) is 0 Å². The molecule has 0 aliphatic heterocycles. The third-order valence-corrected chi connectivity index (χ3v) is 1.93. The molecule has 1 heterocycles. The zero-order valence-electron chi connectivity index (χ0n) is 8.69. The molecule has 2 aromatic rings. The van der Waals surface area contributed by atoms with Gasteiger partial charge in [0.2, 0.25) is 0 Å². The number of nitrogens with one attached hydrogen (secondary N) is 1. The third-order valence-electron chi connectivity index (χ3n) is 1.93. The Kier molecular flexibility index (Phi) is 2.63. The Morgan fingerprint density at radius 1 is 1.62 bits per heavy atom. The van der Waals surface area contributed by atoms with Crippen molar-refractivity contribution >= 4 is 28.9 Å². The Hall–Kier alpha value is -2.24. The van der Waals surface area contributed by atoms with E-state index in [4.69, 9.17) is 14.9 Å². The van der Waals surface area contributed by atoms with Gasteiger partial charge >= 0.3 is 6.09 Å². The maximum Gasteiger partial charge on any atom is 0.411 e. The molecule has 0 radical (unpaired) electrons. The van der Waals surface area contributed by atoms with E-state index in [1.807, 2.05) is 0 Å². The van der Waals surface area contributed by atoms with Gasteiger partial charge in [-0.15, -0.1) is 0 Å². The summed E-state index contributed by atoms with van der Waals surface area (Å²) < 4.78 is 9.84. The highest BCUT2D eigenvalue weighted by molar-refractivity contribution is 5.88. The quantitative estimate of drug-likeness (QED) is 0.809. The van der Waals surface area contributed by atoms with E-state index >= 15 is 0 Å². The van der Waals surface area contributed by atoms with Crippen molar-refractivity contribution in [3.8, 4) is 0 Å². The Labute approximate surface area is 91.4 Å². The minimum absolute atomic E-state index is 0.100. The summed E-state index contributed by atoms with van der Waals surface area (Å²) in [6, 6.07) is 5.12. The van der Waals surface area contributed by atoms with Crippen LogP contribution in [0.1, 0.15) is 6.92 Å². The molecule has 6 nitrogen and oxygen atoms in total. The number of hydrogen-bond acceptors (Lipinski definition) is 5. The monoisotopic (exact) mass is 221 g/mol. The van der Waals surface area contributed by atoms with E-state index < -0.39 is 6.09 Å². The van der Waals surface area contributed by atoms with Crippen molar-refractivity contribution in [2.45, 2.75) is 6.92 Å². The second-order valence-corrected chi connectivity index (χ2v) is 3.08. The van der Waals surface area contributed by atoms with Crippen LogP contribution in [0.15, 0.2) is 22.6 Å². The first-order valence-corrected chi connectivity index (χ1v) is 4.79. The smallest absolute Gasteiger partial charge is 0.411 e. The second kappa shape index (κ2) is 4.09. The number of oxazole rings is 1. The number of carbonyl (C=O) groups is 1. The van der Waals surface area contributed by atoms with Crippen molar-refractivity contribution in [2.24, 2.45) is 0 Å². The van der Waals surface area contributed by atoms with Gasteiger partial charge in [0.15, 0.2) is 5.58 Å². The van der Waals surface area contributed by atoms with E-state index in [9.17, 15) is 4.79 Å². The van der Waals surface area contributed by atoms with Crippen LogP contribution in [-0.4, -0.2) is 17.7 Å². The maximum atomic E-state index is 11.2. The number of nitrogen functional groups attached to an aromatic ring is 1. The molecule has 0 saturated heterocycles. The van der Waals surface area contributed by atoms with Gasteiger partial charge in [-0.25, -0.2) is 4.79 Å². The van der Waals surface area contributed by atoms with Gasteiger partial charge in [0.1, 0.15) is 5.52 Å². The molecule has 1 amide bonds. The van der Waals surface area contributed by atoms with Crippen LogP contribution >= 0.6 is 0 Å². The lowest BCUT2D eigenvalue weighted by Crippen LogP contribution is -2.13. The van der Waals surface area contributed by atoms with Gasteiger partial charge in [0.05, 0.1) is 6.61 Å². The van der Waals surface area contributed by atoms with Gasteiger partial charge in [-0.3, -0.25) is 5.32 Å². The summed E-state index contributed by atoms with van der Waals surface area (Å²) in [6.07, 6.45) is -0.502. The van der Waals surface area contributed by atoms with Gasteiger partial charge in [0, 0.05) is 5.69 Å². The lowest BCUT2D eigenvalue weighted by molar-refractivity contribution is 0.168. The van der Waals surface area contributed by atoms with Crippen LogP contribution in [0.4, 0.5) is 16.5 Å². The molecule has 0 unspecified atom stereocenters. The second-order valence-electron chi connectivity index (χ2n) is 3.08. The number of hydrogen-bond donors (Lipinski definition) is 2. The molecule has 6 heteroatoms. The molecule has 2 rings (SSSR count). The number of ether oxygens (including phenoxy) is 1. The molecule has 0 spiro atoms. The number of fused-ring (bicyclic) bond motifs is 1. The van der Waals surface area contributed by atoms with Crippen molar-refractivity contribution in [1.82, 2.24) is 4.98 Å². The molecule has 0 bridgehead atoms. The van der Waals surface area contributed by atoms with Crippen LogP contribution in [0, 0.1) is 0 Å². The third kappa shape index (κ3) is 2.05. The van der Waals surface area contributed by atoms with E-state index in [2.05, 4.69) is 10.3 Å². The Morgan fingerprint density at radius 3 is 3.19 bits per heavy atom. The van der Waals surface area contributed by atoms with Crippen LogP contribution in [0.3, 0.4) is 0 Å². The zero-order chi connectivity index (χ0) is 11.5. The highest BCUT2D eigenvalue weighted by atomic mass is 16.5. The lowest BCUT2D eigenvalue weighted by atomic mass is 10.3. The lowest BCUT2D eigenvalue weighted by Gasteiger charge is -2.03. The average Bonchev–Trinajstić information content (AvgIpc) is 2.57. The van der Waals surface area contributed by atoms with Crippen LogP contribution in [-0.2, 0) is 4.74 Å². The van der Waals surface area contributed by atoms with Crippen molar-refractivity contribution in [3.05, 3.63) is 18.2 Å². The van der Waals surface area contributed by atoms with E-state index in [0.717, 1.165) is 0 Å². The normalized spacial score (nSPS) is 10.3. The minimum Gasteiger partial charge on any atom is -0.450 e. The summed E-state index contributed by atoms with van der Waals surface area (Å²) in [4.78, 5) is 15.1. The summed E-state index contributed by atoms with van der Waals surface area (Å²) in [5, 5.41) is 2.56. The van der Waals surface area contributed by atoms with Crippen LogP contribution in [0.2, 0.25) is 0 Å². The number of benzene rings is 1. The standard InChI is InChI=1S/C10H11N3O3/c1-2-15-10(14)12-6-3-4-8-7(5-6)13-9(11)16-8/h3-5H,2H2,1H3,(H2,11,13)(H,12,14). The minimum atomic E-state index is -0.502. The van der Waals surface area contributed by atoms with Crippen molar-refractivity contribution < 1.29 is 13.9 Å². The fourth-order valence-electron chi connectivity index (χ4n) is 1.31. The van der Waals surface area contributed by atoms with Crippen molar-refractivity contribution in [1.29, 1.82) is 0 Å². The Bertz CT molecular complexity index is 521. The number of nitrogens with two attached hydrogens (primary N) is 1. The van der Waals surface area contributed by atoms with Gasteiger partial charge in [-0.2, -0.15) is 4.98 Å². The Morgan fingerprint density at radius 2 is 2.44 bits per heavy atom. The van der Waals surface area contributed by atoms with E-state index in [1.54, 1.807) is 25.1 Å². The molecule has 0 aliphatic carbocycles. The van der Waals surface area contributed by atoms with Crippen LogP contribution < -0.4 is 11.1 Å². The SMILES string of the molecule is CCOC(=O)Nc1ccc2oc(N)nc2c1. The first-order valence-electron chi connectivity index (χ1n) is 4.79. The highest BCUT2D eigenvalue weighted by Crippen LogP contribution is 2.20. The number of amides is 1. The number of nitrogens with zero attached hydrogens (tertiary/aromatic N) is 1. The molecular formula is C10H11N3O3. The number of rotatable bonds is 2. The summed E-state index contributed by atoms with van der Waals surface area (Å²) in [5.41, 5.74) is 7.15. The van der Waals surface area contributed by atoms with Gasteiger partial charge < -0.3 is 14.9 Å². The summed E-state index contributed by atoms with van der Waals surface area (Å²) in [6.45, 7) is 2.06. The first-order chi connectivity index (χ1) is 7.69. The first kappa shape index (κ1) is 10.3. The summed E-state index contributed by atoms with van der Waals surface area (Å²) in [5.74, 6) is 0. The molecule has 0 atom stereocenters. The predicted octanol–water partition coefficient (Wildman–Crippen LogP) is 1.98. The number of aromatic nitrogens is 1. The fourth-order valence-corrected chi connectivity index (χ4v) is 1.31. The van der Waals surface area contributed by atoms with Crippen molar-refractivity contribution in [2.75, 3.05) is 17.7 Å². The molecule has 84 valence electrons. The molecule has 0 fully saturated rings. The molecule has 0 saturated carbocycles. The summed E-state index contributed by atoms with van der Waals surface area (Å²) >= 11 is 0.